The van der Waals surface area contributed by atoms with E-state index in [0.717, 1.165) is 0 Å². The molecule has 0 saturated heterocycles. The van der Waals surface area contributed by atoms with Crippen LogP contribution in [0.1, 0.15) is 30.9 Å². The summed E-state index contributed by atoms with van der Waals surface area (Å²) in [6, 6.07) is 26.3. The molecule has 3 aromatic rings. The summed E-state index contributed by atoms with van der Waals surface area (Å²) in [5.74, 6) is 0.521. The summed E-state index contributed by atoms with van der Waals surface area (Å²) in [4.78, 5) is 0. The van der Waals surface area contributed by atoms with Crippen LogP contribution in [0, 0.1) is 6.92 Å². The molecule has 0 aliphatic rings. The van der Waals surface area contributed by atoms with E-state index >= 15 is 0 Å². The van der Waals surface area contributed by atoms with Crippen molar-refractivity contribution in [2.24, 2.45) is 0 Å². The van der Waals surface area contributed by atoms with Crippen molar-refractivity contribution in [2.45, 2.75) is 26.7 Å². The van der Waals surface area contributed by atoms with Crippen LogP contribution in [0.2, 0.25) is 0 Å². The van der Waals surface area contributed by atoms with E-state index in [4.69, 9.17) is 0 Å². The minimum atomic E-state index is 0.521. The Morgan fingerprint density at radius 1 is 0.591 bits per heavy atom. The van der Waals surface area contributed by atoms with Gasteiger partial charge in [-0.1, -0.05) is 86.1 Å². The normalized spacial score (nSPS) is 10.9. The van der Waals surface area contributed by atoms with Gasteiger partial charge in [-0.2, -0.15) is 0 Å². The molecule has 0 aromatic heterocycles. The smallest absolute Gasteiger partial charge is 0.0175 e. The molecule has 0 heterocycles. The van der Waals surface area contributed by atoms with E-state index in [9.17, 15) is 0 Å². The third kappa shape index (κ3) is 3.12. The van der Waals surface area contributed by atoms with Crippen LogP contribution in [-0.4, -0.2) is 0 Å². The molecule has 0 aliphatic heterocycles. The summed E-state index contributed by atoms with van der Waals surface area (Å²) in [6.45, 7) is 6.65. The topological polar surface area (TPSA) is 0 Å². The molecule has 0 N–H and O–H groups in total. The van der Waals surface area contributed by atoms with E-state index in [0.29, 0.717) is 5.92 Å². The lowest BCUT2D eigenvalue weighted by molar-refractivity contribution is 0.867. The third-order valence-corrected chi connectivity index (χ3v) is 4.08. The Kier molecular flexibility index (Phi) is 4.11. The van der Waals surface area contributed by atoms with Crippen LogP contribution in [0.15, 0.2) is 72.8 Å². The van der Waals surface area contributed by atoms with Gasteiger partial charge in [0.05, 0.1) is 0 Å². The van der Waals surface area contributed by atoms with Crippen molar-refractivity contribution in [1.82, 2.24) is 0 Å². The highest BCUT2D eigenvalue weighted by Gasteiger charge is 2.08. The van der Waals surface area contributed by atoms with Crippen LogP contribution in [0.3, 0.4) is 0 Å². The van der Waals surface area contributed by atoms with Crippen LogP contribution in [0.4, 0.5) is 0 Å². The zero-order chi connectivity index (χ0) is 15.5. The van der Waals surface area contributed by atoms with E-state index in [-0.39, 0.29) is 0 Å². The molecule has 3 aromatic carbocycles. The number of aryl methyl sites for hydroxylation is 1. The van der Waals surface area contributed by atoms with Gasteiger partial charge in [0.1, 0.15) is 0 Å². The van der Waals surface area contributed by atoms with Crippen LogP contribution in [0.5, 0.6) is 0 Å². The van der Waals surface area contributed by atoms with Crippen LogP contribution in [-0.2, 0) is 0 Å². The molecule has 22 heavy (non-hydrogen) atoms. The van der Waals surface area contributed by atoms with Crippen LogP contribution >= 0.6 is 0 Å². The van der Waals surface area contributed by atoms with Crippen LogP contribution < -0.4 is 0 Å². The zero-order valence-corrected chi connectivity index (χ0v) is 13.5. The molecule has 0 saturated carbocycles. The average Bonchev–Trinajstić information content (AvgIpc) is 2.55. The summed E-state index contributed by atoms with van der Waals surface area (Å²) in [5, 5.41) is 0. The Hall–Kier alpha value is -2.34. The minimum Gasteiger partial charge on any atom is -0.0622 e. The summed E-state index contributed by atoms with van der Waals surface area (Å²) < 4.78 is 0. The standard InChI is InChI=1S/C22H22/c1-16(2)20-13-21(18-9-5-4-6-10-18)15-22(14-20)19-11-7-8-17(3)12-19/h4-16H,1-3H3. The first-order chi connectivity index (χ1) is 10.6. The SMILES string of the molecule is Cc1cccc(-c2cc(-c3ccccc3)cc(C(C)C)c2)c1. The molecule has 0 bridgehead atoms. The third-order valence-electron chi connectivity index (χ3n) is 4.08. The molecule has 0 nitrogen and oxygen atoms in total. The molecule has 0 radical (unpaired) electrons. The highest BCUT2D eigenvalue weighted by atomic mass is 14.1. The monoisotopic (exact) mass is 286 g/mol. The molecule has 0 fully saturated rings. The summed E-state index contributed by atoms with van der Waals surface area (Å²) >= 11 is 0. The lowest BCUT2D eigenvalue weighted by Crippen LogP contribution is -1.91. The zero-order valence-electron chi connectivity index (χ0n) is 13.5. The van der Waals surface area contributed by atoms with Crippen molar-refractivity contribution in [1.29, 1.82) is 0 Å². The van der Waals surface area contributed by atoms with Crippen molar-refractivity contribution < 1.29 is 0 Å². The molecule has 0 aliphatic carbocycles. The second kappa shape index (κ2) is 6.19. The first kappa shape index (κ1) is 14.6. The lowest BCUT2D eigenvalue weighted by atomic mass is 9.92. The first-order valence-electron chi connectivity index (χ1n) is 7.91. The predicted octanol–water partition coefficient (Wildman–Crippen LogP) is 6.45. The maximum Gasteiger partial charge on any atom is -0.0175 e. The van der Waals surface area contributed by atoms with Gasteiger partial charge in [-0.05, 0) is 46.7 Å². The second-order valence-electron chi connectivity index (χ2n) is 6.23. The molecule has 3 rings (SSSR count). The van der Waals surface area contributed by atoms with E-state index in [2.05, 4.69) is 93.6 Å². The van der Waals surface area contributed by atoms with Gasteiger partial charge in [-0.15, -0.1) is 0 Å². The molecule has 0 atom stereocenters. The summed E-state index contributed by atoms with van der Waals surface area (Å²) in [5.41, 5.74) is 7.85. The van der Waals surface area contributed by atoms with Gasteiger partial charge < -0.3 is 0 Å². The fourth-order valence-electron chi connectivity index (χ4n) is 2.77. The maximum absolute atomic E-state index is 2.33. The second-order valence-corrected chi connectivity index (χ2v) is 6.23. The van der Waals surface area contributed by atoms with E-state index < -0.39 is 0 Å². The van der Waals surface area contributed by atoms with Crippen molar-refractivity contribution in [3.8, 4) is 22.3 Å². The molecule has 0 spiro atoms. The van der Waals surface area contributed by atoms with Gasteiger partial charge in [-0.3, -0.25) is 0 Å². The van der Waals surface area contributed by atoms with Gasteiger partial charge in [0, 0.05) is 0 Å². The highest BCUT2D eigenvalue weighted by molar-refractivity contribution is 5.74. The molecular weight excluding hydrogens is 264 g/mol. The number of hydrogen-bond donors (Lipinski definition) is 0. The number of hydrogen-bond acceptors (Lipinski definition) is 0. The molecular formula is C22H22. The molecule has 0 heteroatoms. The van der Waals surface area contributed by atoms with Gasteiger partial charge in [0.25, 0.3) is 0 Å². The van der Waals surface area contributed by atoms with Crippen LogP contribution in [0.25, 0.3) is 22.3 Å². The molecule has 0 amide bonds. The quantitative estimate of drug-likeness (QED) is 0.519. The minimum absolute atomic E-state index is 0.521. The Morgan fingerprint density at radius 3 is 1.86 bits per heavy atom. The largest absolute Gasteiger partial charge is 0.0622 e. The van der Waals surface area contributed by atoms with E-state index in [1.807, 2.05) is 0 Å². The number of rotatable bonds is 3. The maximum atomic E-state index is 2.33. The van der Waals surface area contributed by atoms with E-state index in [1.165, 1.54) is 33.4 Å². The Labute approximate surface area is 133 Å². The fourth-order valence-corrected chi connectivity index (χ4v) is 2.77. The molecule has 110 valence electrons. The van der Waals surface area contributed by atoms with E-state index in [1.54, 1.807) is 0 Å². The summed E-state index contributed by atoms with van der Waals surface area (Å²) in [6.07, 6.45) is 0. The van der Waals surface area contributed by atoms with Crippen molar-refractivity contribution in [3.05, 3.63) is 83.9 Å². The van der Waals surface area contributed by atoms with Crippen molar-refractivity contribution >= 4 is 0 Å². The van der Waals surface area contributed by atoms with Crippen molar-refractivity contribution in [2.75, 3.05) is 0 Å². The van der Waals surface area contributed by atoms with Gasteiger partial charge >= 0.3 is 0 Å². The average molecular weight is 286 g/mol. The Morgan fingerprint density at radius 2 is 1.23 bits per heavy atom. The van der Waals surface area contributed by atoms with Gasteiger partial charge in [0.2, 0.25) is 0 Å². The Bertz CT molecular complexity index is 767. The van der Waals surface area contributed by atoms with Gasteiger partial charge in [-0.25, -0.2) is 0 Å². The Balaban J connectivity index is 2.16. The highest BCUT2D eigenvalue weighted by Crippen LogP contribution is 2.31. The lowest BCUT2D eigenvalue weighted by Gasteiger charge is -2.13. The van der Waals surface area contributed by atoms with Crippen molar-refractivity contribution in [3.63, 3.8) is 0 Å². The summed E-state index contributed by atoms with van der Waals surface area (Å²) in [7, 11) is 0. The molecule has 0 unspecified atom stereocenters. The predicted molar refractivity (Wildman–Crippen MR) is 96.1 cm³/mol. The fraction of sp³-hybridized carbons (Fsp3) is 0.182. The number of benzene rings is 3. The van der Waals surface area contributed by atoms with Gasteiger partial charge in [0.15, 0.2) is 0 Å². The first-order valence-corrected chi connectivity index (χ1v) is 7.91.